The number of hydrogen-bond acceptors (Lipinski definition) is 5. The minimum absolute atomic E-state index is 0.0238. The van der Waals surface area contributed by atoms with Gasteiger partial charge in [-0.1, -0.05) is 35.0 Å². The normalized spacial score (nSPS) is 13.5. The van der Waals surface area contributed by atoms with Gasteiger partial charge in [0, 0.05) is 24.3 Å². The summed E-state index contributed by atoms with van der Waals surface area (Å²) in [6.45, 7) is 5.89. The predicted octanol–water partition coefficient (Wildman–Crippen LogP) is 3.28. The summed E-state index contributed by atoms with van der Waals surface area (Å²) in [7, 11) is -3.73. The van der Waals surface area contributed by atoms with Crippen LogP contribution < -0.4 is 9.62 Å². The highest BCUT2D eigenvalue weighted by Crippen LogP contribution is 2.30. The molecule has 1 amide bonds. The molecule has 0 bridgehead atoms. The molecule has 0 saturated carbocycles. The summed E-state index contributed by atoms with van der Waals surface area (Å²) >= 11 is 0. The van der Waals surface area contributed by atoms with Crippen LogP contribution in [-0.2, 0) is 23.0 Å². The highest BCUT2D eigenvalue weighted by atomic mass is 32.2. The average molecular weight is 426 g/mol. The van der Waals surface area contributed by atoms with E-state index in [-0.39, 0.29) is 23.1 Å². The Hall–Kier alpha value is -2.97. The van der Waals surface area contributed by atoms with Crippen LogP contribution in [-0.4, -0.2) is 26.0 Å². The van der Waals surface area contributed by atoms with Gasteiger partial charge in [-0.3, -0.25) is 4.79 Å². The lowest BCUT2D eigenvalue weighted by molar-refractivity contribution is 0.0989. The number of carbonyl (C=O) groups is 1. The summed E-state index contributed by atoms with van der Waals surface area (Å²) in [4.78, 5) is 14.8. The van der Waals surface area contributed by atoms with Crippen molar-refractivity contribution in [3.8, 4) is 0 Å². The van der Waals surface area contributed by atoms with Crippen LogP contribution >= 0.6 is 0 Å². The largest absolute Gasteiger partial charge is 0.360 e. The van der Waals surface area contributed by atoms with E-state index < -0.39 is 10.0 Å². The maximum atomic E-state index is 12.9. The van der Waals surface area contributed by atoms with Gasteiger partial charge in [0.05, 0.1) is 0 Å². The average Bonchev–Trinajstić information content (AvgIpc) is 3.28. The van der Waals surface area contributed by atoms with Crippen molar-refractivity contribution in [1.29, 1.82) is 0 Å². The molecule has 0 atom stereocenters. The van der Waals surface area contributed by atoms with Crippen LogP contribution in [0, 0.1) is 20.8 Å². The van der Waals surface area contributed by atoms with E-state index in [2.05, 4.69) is 9.88 Å². The Morgan fingerprint density at radius 3 is 2.67 bits per heavy atom. The number of aromatic nitrogens is 1. The quantitative estimate of drug-likeness (QED) is 0.677. The lowest BCUT2D eigenvalue weighted by Crippen LogP contribution is -2.28. The second-order valence-corrected chi connectivity index (χ2v) is 9.22. The topological polar surface area (TPSA) is 92.5 Å². The standard InChI is InChI=1S/C22H23N3O4S/c1-14-5-4-6-19(11-14)22(26)25-10-9-18-12-17(7-8-20(18)25)13-23-30(27,28)21-15(2)24-29-16(21)3/h4-8,11-12,23H,9-10,13H2,1-3H3. The molecule has 1 N–H and O–H groups in total. The zero-order chi connectivity index (χ0) is 21.5. The summed E-state index contributed by atoms with van der Waals surface area (Å²) in [5, 5.41) is 3.71. The maximum Gasteiger partial charge on any atom is 0.258 e. The van der Waals surface area contributed by atoms with Gasteiger partial charge < -0.3 is 9.42 Å². The molecule has 7 nitrogen and oxygen atoms in total. The highest BCUT2D eigenvalue weighted by molar-refractivity contribution is 7.89. The molecule has 2 heterocycles. The summed E-state index contributed by atoms with van der Waals surface area (Å²) < 4.78 is 32.8. The van der Waals surface area contributed by atoms with Gasteiger partial charge in [-0.25, -0.2) is 13.1 Å². The zero-order valence-corrected chi connectivity index (χ0v) is 17.9. The minimum Gasteiger partial charge on any atom is -0.360 e. The molecule has 4 rings (SSSR count). The molecule has 30 heavy (non-hydrogen) atoms. The number of sulfonamides is 1. The third-order valence-corrected chi connectivity index (χ3v) is 6.90. The van der Waals surface area contributed by atoms with Gasteiger partial charge in [0.2, 0.25) is 10.0 Å². The van der Waals surface area contributed by atoms with E-state index in [0.29, 0.717) is 17.8 Å². The zero-order valence-electron chi connectivity index (χ0n) is 17.1. The number of hydrogen-bond donors (Lipinski definition) is 1. The summed E-state index contributed by atoms with van der Waals surface area (Å²) in [5.41, 5.74) is 4.78. The molecule has 0 saturated heterocycles. The summed E-state index contributed by atoms with van der Waals surface area (Å²) in [6, 6.07) is 13.2. The van der Waals surface area contributed by atoms with Crippen molar-refractivity contribution in [3.05, 3.63) is 76.2 Å². The van der Waals surface area contributed by atoms with E-state index in [4.69, 9.17) is 4.52 Å². The lowest BCUT2D eigenvalue weighted by Gasteiger charge is -2.18. The van der Waals surface area contributed by atoms with E-state index in [1.807, 2.05) is 49.4 Å². The van der Waals surface area contributed by atoms with E-state index in [9.17, 15) is 13.2 Å². The number of rotatable bonds is 5. The second kappa shape index (κ2) is 7.70. The molecule has 1 aliphatic rings. The predicted molar refractivity (Wildman–Crippen MR) is 113 cm³/mol. The first-order valence-electron chi connectivity index (χ1n) is 9.69. The van der Waals surface area contributed by atoms with Crippen LogP contribution in [0.2, 0.25) is 0 Å². The molecule has 1 aromatic heterocycles. The fourth-order valence-electron chi connectivity index (χ4n) is 3.82. The Bertz CT molecular complexity index is 1210. The number of fused-ring (bicyclic) bond motifs is 1. The number of aryl methyl sites for hydroxylation is 3. The molecule has 2 aromatic carbocycles. The molecule has 0 fully saturated rings. The van der Waals surface area contributed by atoms with Crippen LogP contribution in [0.25, 0.3) is 0 Å². The van der Waals surface area contributed by atoms with Crippen molar-refractivity contribution in [2.45, 2.75) is 38.6 Å². The Balaban J connectivity index is 1.51. The smallest absolute Gasteiger partial charge is 0.258 e. The highest BCUT2D eigenvalue weighted by Gasteiger charge is 2.27. The molecule has 0 radical (unpaired) electrons. The monoisotopic (exact) mass is 425 g/mol. The van der Waals surface area contributed by atoms with E-state index in [1.54, 1.807) is 18.7 Å². The van der Waals surface area contributed by atoms with Crippen molar-refractivity contribution in [2.75, 3.05) is 11.4 Å². The van der Waals surface area contributed by atoms with Crippen molar-refractivity contribution in [3.63, 3.8) is 0 Å². The number of nitrogens with zero attached hydrogens (tertiary/aromatic N) is 2. The van der Waals surface area contributed by atoms with Gasteiger partial charge in [0.1, 0.15) is 10.6 Å². The Kier molecular flexibility index (Phi) is 5.21. The molecular formula is C22H23N3O4S. The van der Waals surface area contributed by atoms with Gasteiger partial charge in [-0.05, 0) is 56.5 Å². The maximum absolute atomic E-state index is 12.9. The molecule has 1 aliphatic heterocycles. The molecular weight excluding hydrogens is 402 g/mol. The number of benzene rings is 2. The fraction of sp³-hybridized carbons (Fsp3) is 0.273. The number of carbonyl (C=O) groups excluding carboxylic acids is 1. The van der Waals surface area contributed by atoms with Crippen molar-refractivity contribution < 1.29 is 17.7 Å². The Labute approximate surface area is 175 Å². The third-order valence-electron chi connectivity index (χ3n) is 5.25. The first-order chi connectivity index (χ1) is 14.3. The van der Waals surface area contributed by atoms with Gasteiger partial charge in [-0.2, -0.15) is 0 Å². The molecule has 8 heteroatoms. The Morgan fingerprint density at radius 2 is 1.97 bits per heavy atom. The van der Waals surface area contributed by atoms with Crippen molar-refractivity contribution in [1.82, 2.24) is 9.88 Å². The molecule has 0 aliphatic carbocycles. The van der Waals surface area contributed by atoms with Gasteiger partial charge >= 0.3 is 0 Å². The van der Waals surface area contributed by atoms with Crippen LogP contribution in [0.4, 0.5) is 5.69 Å². The van der Waals surface area contributed by atoms with Crippen LogP contribution in [0.5, 0.6) is 0 Å². The van der Waals surface area contributed by atoms with Crippen molar-refractivity contribution >= 4 is 21.6 Å². The minimum atomic E-state index is -3.73. The van der Waals surface area contributed by atoms with E-state index in [1.165, 1.54) is 0 Å². The van der Waals surface area contributed by atoms with Gasteiger partial charge in [0.15, 0.2) is 5.76 Å². The summed E-state index contributed by atoms with van der Waals surface area (Å²) in [5.74, 6) is 0.239. The Morgan fingerprint density at radius 1 is 1.17 bits per heavy atom. The summed E-state index contributed by atoms with van der Waals surface area (Å²) in [6.07, 6.45) is 0.733. The molecule has 3 aromatic rings. The van der Waals surface area contributed by atoms with Gasteiger partial charge in [0.25, 0.3) is 5.91 Å². The fourth-order valence-corrected chi connectivity index (χ4v) is 5.16. The van der Waals surface area contributed by atoms with E-state index >= 15 is 0 Å². The van der Waals surface area contributed by atoms with Crippen LogP contribution in [0.3, 0.4) is 0 Å². The molecule has 0 spiro atoms. The van der Waals surface area contributed by atoms with Crippen LogP contribution in [0.15, 0.2) is 51.9 Å². The van der Waals surface area contributed by atoms with Crippen molar-refractivity contribution in [2.24, 2.45) is 0 Å². The SMILES string of the molecule is Cc1cccc(C(=O)N2CCc3cc(CNS(=O)(=O)c4c(C)noc4C)ccc32)c1. The molecule has 0 unspecified atom stereocenters. The third kappa shape index (κ3) is 3.76. The lowest BCUT2D eigenvalue weighted by atomic mass is 10.1. The number of nitrogens with one attached hydrogen (secondary N) is 1. The first kappa shape index (κ1) is 20.3. The number of anilines is 1. The first-order valence-corrected chi connectivity index (χ1v) is 11.2. The second-order valence-electron chi connectivity index (χ2n) is 7.52. The molecule has 156 valence electrons. The number of amides is 1. The van der Waals surface area contributed by atoms with Crippen LogP contribution in [0.1, 0.15) is 38.5 Å². The van der Waals surface area contributed by atoms with E-state index in [0.717, 1.165) is 28.8 Å². The van der Waals surface area contributed by atoms with Gasteiger partial charge in [-0.15, -0.1) is 0 Å².